The molecule has 0 N–H and O–H groups in total. The summed E-state index contributed by atoms with van der Waals surface area (Å²) in [7, 11) is 0. The normalized spacial score (nSPS) is 11.5. The number of nitrogens with zero attached hydrogens (tertiary/aromatic N) is 5. The molecule has 0 aliphatic rings. The van der Waals surface area contributed by atoms with Gasteiger partial charge in [0, 0.05) is 54.9 Å². The van der Waals surface area contributed by atoms with E-state index in [2.05, 4.69) is 144 Å². The minimum Gasteiger partial charge on any atom is -0.309 e. The van der Waals surface area contributed by atoms with Crippen molar-refractivity contribution >= 4 is 43.5 Å². The number of hydrogen-bond donors (Lipinski definition) is 0. The van der Waals surface area contributed by atoms with Gasteiger partial charge in [0.1, 0.15) is 0 Å². The molecule has 0 aliphatic carbocycles. The van der Waals surface area contributed by atoms with Crippen molar-refractivity contribution < 1.29 is 0 Å². The molecule has 0 aliphatic heterocycles. The molecular formula is C52H33N5. The van der Waals surface area contributed by atoms with E-state index < -0.39 is 0 Å². The Kier molecular flexibility index (Phi) is 7.74. The van der Waals surface area contributed by atoms with Gasteiger partial charge < -0.3 is 4.57 Å². The quantitative estimate of drug-likeness (QED) is 0.160. The van der Waals surface area contributed by atoms with E-state index in [1.54, 1.807) is 0 Å². The number of aromatic nitrogens is 5. The smallest absolute Gasteiger partial charge is 0.164 e. The summed E-state index contributed by atoms with van der Waals surface area (Å²) in [6.07, 6.45) is 0. The zero-order valence-corrected chi connectivity index (χ0v) is 30.8. The van der Waals surface area contributed by atoms with Crippen molar-refractivity contribution in [2.24, 2.45) is 0 Å². The Morgan fingerprint density at radius 2 is 0.825 bits per heavy atom. The third kappa shape index (κ3) is 5.64. The van der Waals surface area contributed by atoms with Gasteiger partial charge in [-0.25, -0.2) is 19.9 Å². The average molecular weight is 728 g/mol. The summed E-state index contributed by atoms with van der Waals surface area (Å²) in [6, 6.07) is 69.8. The molecule has 0 saturated carbocycles. The third-order valence-corrected chi connectivity index (χ3v) is 10.8. The molecule has 0 bridgehead atoms. The Morgan fingerprint density at radius 3 is 1.51 bits per heavy atom. The minimum atomic E-state index is 0.623. The summed E-state index contributed by atoms with van der Waals surface area (Å²) < 4.78 is 2.38. The van der Waals surface area contributed by atoms with E-state index in [0.717, 1.165) is 61.1 Å². The number of benzene rings is 8. The van der Waals surface area contributed by atoms with Gasteiger partial charge >= 0.3 is 0 Å². The van der Waals surface area contributed by atoms with Crippen LogP contribution in [0.15, 0.2) is 200 Å². The SMILES string of the molecule is c1ccc(-c2nc(-c3ccccc3)nc(-c3cccc(-c4ccc5c(c4)nc(-c4ccccc4)c4ccc6c(c7ccccc7n6-c6ccccc6)c45)c3)n2)cc1. The predicted molar refractivity (Wildman–Crippen MR) is 234 cm³/mol. The molecule has 0 amide bonds. The summed E-state index contributed by atoms with van der Waals surface area (Å²) in [5, 5.41) is 5.89. The first-order chi connectivity index (χ1) is 28.3. The number of para-hydroxylation sites is 2. The van der Waals surface area contributed by atoms with Crippen molar-refractivity contribution in [3.8, 4) is 62.2 Å². The second kappa shape index (κ2) is 13.5. The maximum atomic E-state index is 5.44. The maximum absolute atomic E-state index is 5.44. The van der Waals surface area contributed by atoms with E-state index in [1.165, 1.54) is 27.2 Å². The average Bonchev–Trinajstić information content (AvgIpc) is 3.64. The van der Waals surface area contributed by atoms with Crippen molar-refractivity contribution in [1.82, 2.24) is 24.5 Å². The van der Waals surface area contributed by atoms with Crippen molar-refractivity contribution in [2.75, 3.05) is 0 Å². The monoisotopic (exact) mass is 727 g/mol. The molecule has 11 aromatic rings. The van der Waals surface area contributed by atoms with Crippen LogP contribution in [0.25, 0.3) is 106 Å². The lowest BCUT2D eigenvalue weighted by Gasteiger charge is -2.14. The molecule has 3 heterocycles. The summed E-state index contributed by atoms with van der Waals surface area (Å²) in [5.74, 6) is 1.90. The lowest BCUT2D eigenvalue weighted by Crippen LogP contribution is -2.00. The van der Waals surface area contributed by atoms with Gasteiger partial charge in [0.25, 0.3) is 0 Å². The number of rotatable bonds is 6. The molecule has 0 saturated heterocycles. The van der Waals surface area contributed by atoms with Crippen LogP contribution in [0.4, 0.5) is 0 Å². The maximum Gasteiger partial charge on any atom is 0.164 e. The molecule has 0 unspecified atom stereocenters. The van der Waals surface area contributed by atoms with Gasteiger partial charge in [0.15, 0.2) is 17.5 Å². The van der Waals surface area contributed by atoms with Crippen LogP contribution in [0.2, 0.25) is 0 Å². The molecule has 5 nitrogen and oxygen atoms in total. The molecule has 0 radical (unpaired) electrons. The molecule has 11 rings (SSSR count). The van der Waals surface area contributed by atoms with Crippen LogP contribution in [-0.2, 0) is 0 Å². The van der Waals surface area contributed by atoms with E-state index >= 15 is 0 Å². The predicted octanol–water partition coefficient (Wildman–Crippen LogP) is 13.0. The molecule has 57 heavy (non-hydrogen) atoms. The molecular weight excluding hydrogens is 695 g/mol. The summed E-state index contributed by atoms with van der Waals surface area (Å²) in [4.78, 5) is 20.4. The summed E-state index contributed by atoms with van der Waals surface area (Å²) in [5.41, 5.74) is 11.4. The summed E-state index contributed by atoms with van der Waals surface area (Å²) >= 11 is 0. The van der Waals surface area contributed by atoms with Gasteiger partial charge in [0.05, 0.1) is 22.2 Å². The fourth-order valence-corrected chi connectivity index (χ4v) is 8.18. The van der Waals surface area contributed by atoms with E-state index in [9.17, 15) is 0 Å². The molecule has 5 heteroatoms. The number of fused-ring (bicyclic) bond motifs is 7. The second-order valence-electron chi connectivity index (χ2n) is 14.2. The Morgan fingerprint density at radius 1 is 0.298 bits per heavy atom. The van der Waals surface area contributed by atoms with Gasteiger partial charge in [-0.3, -0.25) is 0 Å². The standard InChI is InChI=1S/C52H33N5/c1-5-16-34(17-6-1)49-43-30-31-46-48(42-26-13-14-27-45(42)57(46)40-24-11-4-12-25-40)47(43)41-29-28-38(33-44(41)53-49)37-22-15-23-39(32-37)52-55-50(35-18-7-2-8-19-35)54-51(56-52)36-20-9-3-10-21-36/h1-33H. The Hall–Kier alpha value is -7.76. The van der Waals surface area contributed by atoms with E-state index in [1.807, 2.05) is 60.7 Å². The van der Waals surface area contributed by atoms with E-state index in [0.29, 0.717) is 17.5 Å². The van der Waals surface area contributed by atoms with Gasteiger partial charge in [0.2, 0.25) is 0 Å². The highest BCUT2D eigenvalue weighted by Gasteiger charge is 2.20. The van der Waals surface area contributed by atoms with Crippen LogP contribution in [0.3, 0.4) is 0 Å². The Labute approximate surface area is 329 Å². The second-order valence-corrected chi connectivity index (χ2v) is 14.2. The van der Waals surface area contributed by atoms with Crippen molar-refractivity contribution in [3.63, 3.8) is 0 Å². The lowest BCUT2D eigenvalue weighted by molar-refractivity contribution is 1.07. The number of hydrogen-bond acceptors (Lipinski definition) is 4. The Balaban J connectivity index is 1.12. The van der Waals surface area contributed by atoms with Crippen LogP contribution >= 0.6 is 0 Å². The molecule has 3 aromatic heterocycles. The van der Waals surface area contributed by atoms with Crippen molar-refractivity contribution in [2.45, 2.75) is 0 Å². The van der Waals surface area contributed by atoms with E-state index in [-0.39, 0.29) is 0 Å². The van der Waals surface area contributed by atoms with Crippen LogP contribution in [0, 0.1) is 0 Å². The van der Waals surface area contributed by atoms with Gasteiger partial charge in [-0.2, -0.15) is 0 Å². The third-order valence-electron chi connectivity index (χ3n) is 10.8. The topological polar surface area (TPSA) is 56.5 Å². The first-order valence-corrected chi connectivity index (χ1v) is 19.1. The van der Waals surface area contributed by atoms with Crippen LogP contribution in [-0.4, -0.2) is 24.5 Å². The van der Waals surface area contributed by atoms with Crippen LogP contribution in [0.1, 0.15) is 0 Å². The molecule has 0 fully saturated rings. The van der Waals surface area contributed by atoms with Crippen molar-refractivity contribution in [3.05, 3.63) is 200 Å². The van der Waals surface area contributed by atoms with Gasteiger partial charge in [-0.1, -0.05) is 164 Å². The highest BCUT2D eigenvalue weighted by molar-refractivity contribution is 6.29. The zero-order chi connectivity index (χ0) is 37.7. The highest BCUT2D eigenvalue weighted by Crippen LogP contribution is 2.43. The van der Waals surface area contributed by atoms with Crippen molar-refractivity contribution in [1.29, 1.82) is 0 Å². The minimum absolute atomic E-state index is 0.623. The summed E-state index contributed by atoms with van der Waals surface area (Å²) in [6.45, 7) is 0. The van der Waals surface area contributed by atoms with Gasteiger partial charge in [-0.15, -0.1) is 0 Å². The van der Waals surface area contributed by atoms with E-state index in [4.69, 9.17) is 19.9 Å². The molecule has 8 aromatic carbocycles. The van der Waals surface area contributed by atoms with Crippen LogP contribution in [0.5, 0.6) is 0 Å². The van der Waals surface area contributed by atoms with Gasteiger partial charge in [-0.05, 0) is 47.5 Å². The molecule has 0 atom stereocenters. The molecule has 0 spiro atoms. The first-order valence-electron chi connectivity index (χ1n) is 19.1. The first kappa shape index (κ1) is 32.7. The molecule has 266 valence electrons. The highest BCUT2D eigenvalue weighted by atomic mass is 15.0. The fraction of sp³-hybridized carbons (Fsp3) is 0. The number of pyridine rings is 1. The zero-order valence-electron chi connectivity index (χ0n) is 30.8. The fourth-order valence-electron chi connectivity index (χ4n) is 8.18. The Bertz CT molecular complexity index is 3210. The lowest BCUT2D eigenvalue weighted by atomic mass is 9.94. The largest absolute Gasteiger partial charge is 0.309 e. The van der Waals surface area contributed by atoms with Crippen LogP contribution < -0.4 is 0 Å².